The van der Waals surface area contributed by atoms with E-state index in [1.54, 1.807) is 16.7 Å². The summed E-state index contributed by atoms with van der Waals surface area (Å²) in [6.45, 7) is 4.41. The highest BCUT2D eigenvalue weighted by molar-refractivity contribution is 5.53. The molecular formula is C16H19N3O2. The second kappa shape index (κ2) is 5.77. The van der Waals surface area contributed by atoms with Gasteiger partial charge in [0, 0.05) is 24.7 Å². The zero-order chi connectivity index (χ0) is 14.8. The molecule has 3 rings (SSSR count). The Hall–Kier alpha value is -2.01. The number of fused-ring (bicyclic) bond motifs is 1. The van der Waals surface area contributed by atoms with E-state index in [9.17, 15) is 9.59 Å². The number of hydrogen-bond acceptors (Lipinski definition) is 4. The topological polar surface area (TPSA) is 54.7 Å². The van der Waals surface area contributed by atoms with E-state index in [2.05, 4.69) is 9.88 Å². The summed E-state index contributed by atoms with van der Waals surface area (Å²) in [5.41, 5.74) is 2.49. The van der Waals surface area contributed by atoms with Crippen LogP contribution in [0.1, 0.15) is 24.1 Å². The quantitative estimate of drug-likeness (QED) is 0.800. The highest BCUT2D eigenvalue weighted by atomic mass is 16.1. The van der Waals surface area contributed by atoms with Gasteiger partial charge in [0.15, 0.2) is 0 Å². The molecule has 21 heavy (non-hydrogen) atoms. The maximum atomic E-state index is 12.1. The third kappa shape index (κ3) is 2.88. The lowest BCUT2D eigenvalue weighted by atomic mass is 9.98. The third-order valence-corrected chi connectivity index (χ3v) is 4.15. The van der Waals surface area contributed by atoms with Crippen molar-refractivity contribution in [1.82, 2.24) is 14.3 Å². The smallest absolute Gasteiger partial charge is 0.258 e. The van der Waals surface area contributed by atoms with E-state index < -0.39 is 0 Å². The molecular weight excluding hydrogens is 266 g/mol. The van der Waals surface area contributed by atoms with Crippen LogP contribution in [0.3, 0.4) is 0 Å². The van der Waals surface area contributed by atoms with E-state index in [0.29, 0.717) is 6.54 Å². The van der Waals surface area contributed by atoms with Gasteiger partial charge in [-0.15, -0.1) is 0 Å². The molecule has 1 fully saturated rings. The lowest BCUT2D eigenvalue weighted by molar-refractivity contribution is -0.112. The number of pyridine rings is 1. The fraction of sp³-hybridized carbons (Fsp3) is 0.438. The van der Waals surface area contributed by atoms with Crippen molar-refractivity contribution < 1.29 is 4.79 Å². The Morgan fingerprint density at radius 2 is 2.14 bits per heavy atom. The Morgan fingerprint density at radius 3 is 2.86 bits per heavy atom. The van der Waals surface area contributed by atoms with Crippen LogP contribution in [-0.4, -0.2) is 33.7 Å². The van der Waals surface area contributed by atoms with Gasteiger partial charge in [-0.25, -0.2) is 4.98 Å². The predicted octanol–water partition coefficient (Wildman–Crippen LogP) is 1.41. The van der Waals surface area contributed by atoms with E-state index in [1.807, 2.05) is 19.1 Å². The summed E-state index contributed by atoms with van der Waals surface area (Å²) in [5.74, 6) is 0.193. The molecule has 0 spiro atoms. The van der Waals surface area contributed by atoms with E-state index in [0.717, 1.165) is 49.1 Å². The van der Waals surface area contributed by atoms with Crippen molar-refractivity contribution in [2.45, 2.75) is 26.3 Å². The maximum absolute atomic E-state index is 12.1. The van der Waals surface area contributed by atoms with Crippen molar-refractivity contribution in [3.63, 3.8) is 0 Å². The fourth-order valence-corrected chi connectivity index (χ4v) is 2.87. The number of piperidine rings is 1. The van der Waals surface area contributed by atoms with Gasteiger partial charge in [-0.1, -0.05) is 6.07 Å². The van der Waals surface area contributed by atoms with Crippen molar-refractivity contribution >= 4 is 11.9 Å². The average molecular weight is 285 g/mol. The summed E-state index contributed by atoms with van der Waals surface area (Å²) in [7, 11) is 0. The monoisotopic (exact) mass is 285 g/mol. The van der Waals surface area contributed by atoms with Crippen molar-refractivity contribution in [2.24, 2.45) is 5.92 Å². The van der Waals surface area contributed by atoms with Crippen LogP contribution in [0.4, 0.5) is 0 Å². The Labute approximate surface area is 123 Å². The molecule has 0 N–H and O–H groups in total. The lowest BCUT2D eigenvalue weighted by Crippen LogP contribution is -2.34. The van der Waals surface area contributed by atoms with E-state index in [4.69, 9.17) is 0 Å². The van der Waals surface area contributed by atoms with Crippen molar-refractivity contribution in [2.75, 3.05) is 13.1 Å². The number of carbonyl (C=O) groups is 1. The summed E-state index contributed by atoms with van der Waals surface area (Å²) < 4.78 is 1.58. The number of aldehydes is 1. The molecule has 0 aromatic carbocycles. The predicted molar refractivity (Wildman–Crippen MR) is 80.3 cm³/mol. The van der Waals surface area contributed by atoms with Gasteiger partial charge in [0.05, 0.1) is 5.69 Å². The molecule has 1 aliphatic rings. The number of likely N-dealkylation sites (tertiary alicyclic amines) is 1. The average Bonchev–Trinajstić information content (AvgIpc) is 2.49. The molecule has 2 aromatic rings. The number of aromatic nitrogens is 2. The van der Waals surface area contributed by atoms with E-state index in [1.165, 1.54) is 0 Å². The molecule has 0 unspecified atom stereocenters. The van der Waals surface area contributed by atoms with Crippen LogP contribution in [0.2, 0.25) is 0 Å². The fourth-order valence-electron chi connectivity index (χ4n) is 2.87. The molecule has 0 bridgehead atoms. The van der Waals surface area contributed by atoms with Gasteiger partial charge in [-0.2, -0.15) is 0 Å². The summed E-state index contributed by atoms with van der Waals surface area (Å²) in [5, 5.41) is 0. The molecule has 110 valence electrons. The zero-order valence-electron chi connectivity index (χ0n) is 12.2. The van der Waals surface area contributed by atoms with Crippen molar-refractivity contribution in [1.29, 1.82) is 0 Å². The number of aryl methyl sites for hydroxylation is 1. The molecule has 0 amide bonds. The standard InChI is InChI=1S/C16H19N3O2/c1-12-3-2-6-19-15(21)9-14(17-16(12)19)10-18-7-4-13(11-20)5-8-18/h2-3,6,9,11,13H,4-5,7-8,10H2,1H3. The third-order valence-electron chi connectivity index (χ3n) is 4.15. The van der Waals surface area contributed by atoms with Gasteiger partial charge in [-0.05, 0) is 44.5 Å². The number of nitrogens with zero attached hydrogens (tertiary/aromatic N) is 3. The van der Waals surface area contributed by atoms with E-state index >= 15 is 0 Å². The summed E-state index contributed by atoms with van der Waals surface area (Å²) >= 11 is 0. The highest BCUT2D eigenvalue weighted by Crippen LogP contribution is 2.16. The normalized spacial score (nSPS) is 17.2. The minimum Gasteiger partial charge on any atom is -0.303 e. The van der Waals surface area contributed by atoms with Gasteiger partial charge in [-0.3, -0.25) is 14.1 Å². The molecule has 0 radical (unpaired) electrons. The molecule has 2 aromatic heterocycles. The first-order chi connectivity index (χ1) is 10.2. The molecule has 5 heteroatoms. The molecule has 3 heterocycles. The van der Waals surface area contributed by atoms with Crippen LogP contribution >= 0.6 is 0 Å². The minimum absolute atomic E-state index is 0.0403. The summed E-state index contributed by atoms with van der Waals surface area (Å²) in [6.07, 6.45) is 4.60. The molecule has 0 saturated carbocycles. The first kappa shape index (κ1) is 13.9. The molecule has 1 saturated heterocycles. The SMILES string of the molecule is Cc1cccn2c(=O)cc(CN3CCC(C=O)CC3)nc12. The highest BCUT2D eigenvalue weighted by Gasteiger charge is 2.19. The van der Waals surface area contributed by atoms with Crippen LogP contribution in [0.25, 0.3) is 5.65 Å². The van der Waals surface area contributed by atoms with Gasteiger partial charge in [0.1, 0.15) is 11.9 Å². The van der Waals surface area contributed by atoms with Gasteiger partial charge >= 0.3 is 0 Å². The number of rotatable bonds is 3. The van der Waals surface area contributed by atoms with E-state index in [-0.39, 0.29) is 11.5 Å². The first-order valence-electron chi connectivity index (χ1n) is 7.33. The van der Waals surface area contributed by atoms with Crippen LogP contribution in [0.5, 0.6) is 0 Å². The first-order valence-corrected chi connectivity index (χ1v) is 7.33. The van der Waals surface area contributed by atoms with Crippen molar-refractivity contribution in [3.8, 4) is 0 Å². The van der Waals surface area contributed by atoms with Gasteiger partial charge in [0.25, 0.3) is 5.56 Å². The Kier molecular flexibility index (Phi) is 3.84. The van der Waals surface area contributed by atoms with Gasteiger partial charge < -0.3 is 4.79 Å². The van der Waals surface area contributed by atoms with Crippen LogP contribution in [0, 0.1) is 12.8 Å². The minimum atomic E-state index is -0.0403. The molecule has 1 aliphatic heterocycles. The molecule has 0 aliphatic carbocycles. The molecule has 0 atom stereocenters. The lowest BCUT2D eigenvalue weighted by Gasteiger charge is -2.29. The zero-order valence-corrected chi connectivity index (χ0v) is 12.2. The van der Waals surface area contributed by atoms with Crippen LogP contribution in [-0.2, 0) is 11.3 Å². The van der Waals surface area contributed by atoms with Crippen molar-refractivity contribution in [3.05, 3.63) is 46.0 Å². The second-order valence-corrected chi connectivity index (χ2v) is 5.72. The number of carbonyl (C=O) groups excluding carboxylic acids is 1. The largest absolute Gasteiger partial charge is 0.303 e. The Bertz CT molecular complexity index is 715. The number of hydrogen-bond donors (Lipinski definition) is 0. The summed E-state index contributed by atoms with van der Waals surface area (Å²) in [4.78, 5) is 29.8. The summed E-state index contributed by atoms with van der Waals surface area (Å²) in [6, 6.07) is 5.43. The van der Waals surface area contributed by atoms with Gasteiger partial charge in [0.2, 0.25) is 0 Å². The van der Waals surface area contributed by atoms with Crippen LogP contribution in [0.15, 0.2) is 29.2 Å². The van der Waals surface area contributed by atoms with Crippen LogP contribution < -0.4 is 5.56 Å². The Balaban J connectivity index is 1.83. The molecule has 5 nitrogen and oxygen atoms in total. The Morgan fingerprint density at radius 1 is 1.38 bits per heavy atom. The maximum Gasteiger partial charge on any atom is 0.258 e. The second-order valence-electron chi connectivity index (χ2n) is 5.72.